The van der Waals surface area contributed by atoms with Crippen LogP contribution in [0.4, 0.5) is 10.5 Å². The SMILES string of the molecule is CCCN1CCC(=C(c2ccc(C(=O)N(CC)CC)cc2)c2cccc(NC(=O)O)c2)CC1. The lowest BCUT2D eigenvalue weighted by Crippen LogP contribution is -2.31. The Hall–Kier alpha value is -3.12. The van der Waals surface area contributed by atoms with Crippen molar-refractivity contribution in [2.45, 2.75) is 40.0 Å². The highest BCUT2D eigenvalue weighted by molar-refractivity contribution is 5.95. The number of hydrogen-bond acceptors (Lipinski definition) is 3. The lowest BCUT2D eigenvalue weighted by Gasteiger charge is -2.30. The van der Waals surface area contributed by atoms with E-state index in [1.54, 1.807) is 6.07 Å². The van der Waals surface area contributed by atoms with Gasteiger partial charge in [0, 0.05) is 37.4 Å². The summed E-state index contributed by atoms with van der Waals surface area (Å²) in [6.45, 7) is 10.7. The van der Waals surface area contributed by atoms with E-state index in [1.807, 2.05) is 61.2 Å². The summed E-state index contributed by atoms with van der Waals surface area (Å²) in [5.74, 6) is 0.0429. The molecule has 6 heteroatoms. The summed E-state index contributed by atoms with van der Waals surface area (Å²) in [5, 5.41) is 11.6. The third-order valence-electron chi connectivity index (χ3n) is 6.23. The molecule has 2 aromatic carbocycles. The summed E-state index contributed by atoms with van der Waals surface area (Å²) < 4.78 is 0. The van der Waals surface area contributed by atoms with E-state index in [0.29, 0.717) is 24.3 Å². The highest BCUT2D eigenvalue weighted by Crippen LogP contribution is 2.33. The number of hydrogen-bond donors (Lipinski definition) is 2. The molecule has 1 aliphatic heterocycles. The number of carboxylic acid groups (broad SMARTS) is 1. The number of rotatable bonds is 8. The maximum atomic E-state index is 12.7. The molecule has 0 spiro atoms. The van der Waals surface area contributed by atoms with Crippen molar-refractivity contribution in [2.24, 2.45) is 0 Å². The van der Waals surface area contributed by atoms with Gasteiger partial charge in [-0.25, -0.2) is 4.79 Å². The van der Waals surface area contributed by atoms with Gasteiger partial charge >= 0.3 is 6.09 Å². The predicted octanol–water partition coefficient (Wildman–Crippen LogP) is 5.57. The minimum atomic E-state index is -1.08. The Kier molecular flexibility index (Phi) is 8.66. The molecule has 176 valence electrons. The number of benzene rings is 2. The molecule has 2 aromatic rings. The van der Waals surface area contributed by atoms with E-state index in [1.165, 1.54) is 5.57 Å². The lowest BCUT2D eigenvalue weighted by molar-refractivity contribution is 0.0773. The molecular weight excluding hydrogens is 414 g/mol. The first kappa shape index (κ1) is 24.5. The van der Waals surface area contributed by atoms with Gasteiger partial charge < -0.3 is 14.9 Å². The summed E-state index contributed by atoms with van der Waals surface area (Å²) in [6.07, 6.45) is 2.03. The fourth-order valence-electron chi connectivity index (χ4n) is 4.54. The van der Waals surface area contributed by atoms with Crippen LogP contribution in [-0.4, -0.2) is 59.6 Å². The van der Waals surface area contributed by atoms with Crippen molar-refractivity contribution in [3.8, 4) is 0 Å². The van der Waals surface area contributed by atoms with Crippen LogP contribution in [0.1, 0.15) is 61.5 Å². The number of carbonyl (C=O) groups excluding carboxylic acids is 1. The standard InChI is InChI=1S/C27H35N3O3/c1-4-16-29-17-14-21(15-18-29)25(23-8-7-9-24(19-23)28-27(32)33)20-10-12-22(13-11-20)26(31)30(5-2)6-3/h7-13,19,28H,4-6,14-18H2,1-3H3,(H,32,33). The molecule has 0 aliphatic carbocycles. The zero-order chi connectivity index (χ0) is 23.8. The van der Waals surface area contributed by atoms with Gasteiger partial charge in [0.15, 0.2) is 0 Å². The van der Waals surface area contributed by atoms with E-state index in [0.717, 1.165) is 55.6 Å². The first-order chi connectivity index (χ1) is 16.0. The fraction of sp³-hybridized carbons (Fsp3) is 0.407. The molecule has 1 aliphatic rings. The topological polar surface area (TPSA) is 72.9 Å². The Morgan fingerprint density at radius 2 is 1.58 bits per heavy atom. The van der Waals surface area contributed by atoms with Gasteiger partial charge in [-0.05, 0) is 80.6 Å². The second-order valence-electron chi connectivity index (χ2n) is 8.39. The van der Waals surface area contributed by atoms with Crippen molar-refractivity contribution in [3.05, 3.63) is 70.8 Å². The van der Waals surface area contributed by atoms with E-state index in [4.69, 9.17) is 5.11 Å². The van der Waals surface area contributed by atoms with Crippen molar-refractivity contribution in [1.82, 2.24) is 9.80 Å². The van der Waals surface area contributed by atoms with Crippen LogP contribution in [0.3, 0.4) is 0 Å². The van der Waals surface area contributed by atoms with E-state index >= 15 is 0 Å². The normalized spacial score (nSPS) is 14.1. The van der Waals surface area contributed by atoms with Crippen molar-refractivity contribution in [1.29, 1.82) is 0 Å². The first-order valence-electron chi connectivity index (χ1n) is 11.9. The number of nitrogens with zero attached hydrogens (tertiary/aromatic N) is 2. The zero-order valence-corrected chi connectivity index (χ0v) is 19.9. The van der Waals surface area contributed by atoms with Gasteiger partial charge in [0.1, 0.15) is 0 Å². The number of anilines is 1. The number of piperidine rings is 1. The number of likely N-dealkylation sites (tertiary alicyclic amines) is 1. The van der Waals surface area contributed by atoms with Crippen LogP contribution in [0.15, 0.2) is 54.1 Å². The molecule has 0 bridgehead atoms. The van der Waals surface area contributed by atoms with Crippen LogP contribution in [-0.2, 0) is 0 Å². The quantitative estimate of drug-likeness (QED) is 0.553. The van der Waals surface area contributed by atoms with Crippen molar-refractivity contribution in [3.63, 3.8) is 0 Å². The van der Waals surface area contributed by atoms with Crippen LogP contribution >= 0.6 is 0 Å². The average Bonchev–Trinajstić information content (AvgIpc) is 2.81. The monoisotopic (exact) mass is 449 g/mol. The Balaban J connectivity index is 1.99. The summed E-state index contributed by atoms with van der Waals surface area (Å²) in [5.41, 5.74) is 5.79. The fourth-order valence-corrected chi connectivity index (χ4v) is 4.54. The summed E-state index contributed by atoms with van der Waals surface area (Å²) in [7, 11) is 0. The van der Waals surface area contributed by atoms with Crippen LogP contribution in [0.2, 0.25) is 0 Å². The molecule has 0 saturated carbocycles. The van der Waals surface area contributed by atoms with Gasteiger partial charge in [0.2, 0.25) is 0 Å². The molecule has 3 rings (SSSR count). The minimum absolute atomic E-state index is 0.0429. The number of amides is 2. The van der Waals surface area contributed by atoms with Gasteiger partial charge in [0.05, 0.1) is 0 Å². The number of carbonyl (C=O) groups is 2. The second-order valence-corrected chi connectivity index (χ2v) is 8.39. The highest BCUT2D eigenvalue weighted by Gasteiger charge is 2.20. The molecular formula is C27H35N3O3. The first-order valence-corrected chi connectivity index (χ1v) is 11.9. The van der Waals surface area contributed by atoms with E-state index in [9.17, 15) is 9.59 Å². The Morgan fingerprint density at radius 3 is 2.15 bits per heavy atom. The summed E-state index contributed by atoms with van der Waals surface area (Å²) in [6, 6.07) is 15.4. The molecule has 0 unspecified atom stereocenters. The third kappa shape index (κ3) is 6.23. The highest BCUT2D eigenvalue weighted by atomic mass is 16.4. The van der Waals surface area contributed by atoms with Gasteiger partial charge in [-0.15, -0.1) is 0 Å². The molecule has 6 nitrogen and oxygen atoms in total. The van der Waals surface area contributed by atoms with Crippen LogP contribution < -0.4 is 5.32 Å². The summed E-state index contributed by atoms with van der Waals surface area (Å²) in [4.78, 5) is 28.2. The van der Waals surface area contributed by atoms with E-state index in [2.05, 4.69) is 17.1 Å². The maximum Gasteiger partial charge on any atom is 0.409 e. The van der Waals surface area contributed by atoms with Gasteiger partial charge in [-0.1, -0.05) is 36.8 Å². The molecule has 1 saturated heterocycles. The lowest BCUT2D eigenvalue weighted by atomic mass is 9.87. The molecule has 2 N–H and O–H groups in total. The van der Waals surface area contributed by atoms with Crippen LogP contribution in [0.25, 0.3) is 5.57 Å². The Bertz CT molecular complexity index is 984. The second kappa shape index (κ2) is 11.7. The van der Waals surface area contributed by atoms with Crippen LogP contribution in [0.5, 0.6) is 0 Å². The zero-order valence-electron chi connectivity index (χ0n) is 19.9. The molecule has 33 heavy (non-hydrogen) atoms. The van der Waals surface area contributed by atoms with E-state index in [-0.39, 0.29) is 5.91 Å². The predicted molar refractivity (Wildman–Crippen MR) is 134 cm³/mol. The van der Waals surface area contributed by atoms with Crippen LogP contribution in [0, 0.1) is 0 Å². The van der Waals surface area contributed by atoms with Gasteiger partial charge in [-0.2, -0.15) is 0 Å². The minimum Gasteiger partial charge on any atom is -0.465 e. The average molecular weight is 450 g/mol. The van der Waals surface area contributed by atoms with Crippen molar-refractivity contribution < 1.29 is 14.7 Å². The Labute approximate surface area is 196 Å². The van der Waals surface area contributed by atoms with E-state index < -0.39 is 6.09 Å². The van der Waals surface area contributed by atoms with Crippen molar-refractivity contribution >= 4 is 23.3 Å². The van der Waals surface area contributed by atoms with Gasteiger partial charge in [-0.3, -0.25) is 10.1 Å². The smallest absolute Gasteiger partial charge is 0.409 e. The molecule has 1 heterocycles. The summed E-state index contributed by atoms with van der Waals surface area (Å²) >= 11 is 0. The van der Waals surface area contributed by atoms with Crippen molar-refractivity contribution in [2.75, 3.05) is 38.0 Å². The Morgan fingerprint density at radius 1 is 0.939 bits per heavy atom. The molecule has 2 amide bonds. The third-order valence-corrected chi connectivity index (χ3v) is 6.23. The molecule has 1 fully saturated rings. The molecule has 0 atom stereocenters. The number of nitrogens with one attached hydrogen (secondary N) is 1. The largest absolute Gasteiger partial charge is 0.465 e. The molecule has 0 aromatic heterocycles. The van der Waals surface area contributed by atoms with Gasteiger partial charge in [0.25, 0.3) is 5.91 Å². The molecule has 0 radical (unpaired) electrons. The maximum absolute atomic E-state index is 12.7.